The lowest BCUT2D eigenvalue weighted by atomic mass is 10.2. The lowest BCUT2D eigenvalue weighted by Crippen LogP contribution is -2.25. The van der Waals surface area contributed by atoms with E-state index in [-0.39, 0.29) is 5.91 Å². The van der Waals surface area contributed by atoms with Gasteiger partial charge in [0.1, 0.15) is 0 Å². The second kappa shape index (κ2) is 5.77. The molecular weight excluding hydrogens is 262 g/mol. The Balaban J connectivity index is 2.10. The van der Waals surface area contributed by atoms with Gasteiger partial charge in [-0.2, -0.15) is 0 Å². The highest BCUT2D eigenvalue weighted by atomic mass is 32.1. The molecule has 0 spiro atoms. The molecule has 100 valence electrons. The van der Waals surface area contributed by atoms with Gasteiger partial charge in [0.25, 0.3) is 5.91 Å². The zero-order valence-electron chi connectivity index (χ0n) is 10.7. The van der Waals surface area contributed by atoms with Crippen molar-refractivity contribution >= 4 is 22.9 Å². The SMILES string of the molecule is Cc1cc(NN)c(C(=O)NCc2scnc2C)cn1. The molecule has 6 nitrogen and oxygen atoms in total. The number of nitrogens with one attached hydrogen (secondary N) is 2. The van der Waals surface area contributed by atoms with Crippen LogP contribution in [0.15, 0.2) is 17.8 Å². The molecule has 0 atom stereocenters. The molecule has 0 bridgehead atoms. The minimum Gasteiger partial charge on any atom is -0.347 e. The molecule has 2 aromatic heterocycles. The number of nitrogens with zero attached hydrogens (tertiary/aromatic N) is 2. The maximum absolute atomic E-state index is 12.1. The van der Waals surface area contributed by atoms with Crippen molar-refractivity contribution in [1.82, 2.24) is 15.3 Å². The van der Waals surface area contributed by atoms with E-state index in [2.05, 4.69) is 20.7 Å². The number of nitrogen functional groups attached to an aromatic ring is 1. The Morgan fingerprint density at radius 1 is 1.42 bits per heavy atom. The second-order valence-corrected chi connectivity index (χ2v) is 5.00. The van der Waals surface area contributed by atoms with Crippen LogP contribution in [0.2, 0.25) is 0 Å². The first-order chi connectivity index (χ1) is 9.11. The van der Waals surface area contributed by atoms with Crippen molar-refractivity contribution in [2.45, 2.75) is 20.4 Å². The van der Waals surface area contributed by atoms with Gasteiger partial charge in [-0.15, -0.1) is 11.3 Å². The van der Waals surface area contributed by atoms with Crippen LogP contribution in [-0.4, -0.2) is 15.9 Å². The number of thiazole rings is 1. The topological polar surface area (TPSA) is 92.9 Å². The summed E-state index contributed by atoms with van der Waals surface area (Å²) in [4.78, 5) is 21.4. The number of pyridine rings is 1. The van der Waals surface area contributed by atoms with Crippen LogP contribution in [0.4, 0.5) is 5.69 Å². The van der Waals surface area contributed by atoms with E-state index in [0.717, 1.165) is 16.3 Å². The number of hydrazine groups is 1. The van der Waals surface area contributed by atoms with Crippen molar-refractivity contribution < 1.29 is 4.79 Å². The second-order valence-electron chi connectivity index (χ2n) is 4.06. The number of hydrogen-bond acceptors (Lipinski definition) is 6. The Bertz CT molecular complexity index is 596. The van der Waals surface area contributed by atoms with Crippen LogP contribution < -0.4 is 16.6 Å². The minimum absolute atomic E-state index is 0.215. The van der Waals surface area contributed by atoms with E-state index in [1.807, 2.05) is 13.8 Å². The van der Waals surface area contributed by atoms with Crippen LogP contribution in [-0.2, 0) is 6.54 Å². The van der Waals surface area contributed by atoms with Crippen molar-refractivity contribution in [3.05, 3.63) is 39.6 Å². The van der Waals surface area contributed by atoms with E-state index >= 15 is 0 Å². The van der Waals surface area contributed by atoms with E-state index < -0.39 is 0 Å². The van der Waals surface area contributed by atoms with Crippen molar-refractivity contribution in [3.8, 4) is 0 Å². The third kappa shape index (κ3) is 3.07. The van der Waals surface area contributed by atoms with Crippen LogP contribution in [0.1, 0.15) is 26.6 Å². The van der Waals surface area contributed by atoms with Gasteiger partial charge >= 0.3 is 0 Å². The molecule has 0 unspecified atom stereocenters. The lowest BCUT2D eigenvalue weighted by Gasteiger charge is -2.09. The highest BCUT2D eigenvalue weighted by Gasteiger charge is 2.12. The predicted octanol–water partition coefficient (Wildman–Crippen LogP) is 1.37. The van der Waals surface area contributed by atoms with Crippen LogP contribution >= 0.6 is 11.3 Å². The quantitative estimate of drug-likeness (QED) is 0.580. The molecule has 2 rings (SSSR count). The van der Waals surface area contributed by atoms with E-state index in [1.165, 1.54) is 17.5 Å². The summed E-state index contributed by atoms with van der Waals surface area (Å²) in [5.41, 5.74) is 6.99. The Morgan fingerprint density at radius 3 is 2.84 bits per heavy atom. The fourth-order valence-corrected chi connectivity index (χ4v) is 2.33. The van der Waals surface area contributed by atoms with E-state index in [9.17, 15) is 4.79 Å². The first kappa shape index (κ1) is 13.4. The molecule has 4 N–H and O–H groups in total. The number of rotatable bonds is 4. The van der Waals surface area contributed by atoms with Crippen molar-refractivity contribution in [1.29, 1.82) is 0 Å². The number of carbonyl (C=O) groups is 1. The molecule has 19 heavy (non-hydrogen) atoms. The Kier molecular flexibility index (Phi) is 4.08. The van der Waals surface area contributed by atoms with E-state index in [4.69, 9.17) is 5.84 Å². The van der Waals surface area contributed by atoms with Crippen molar-refractivity contribution in [2.24, 2.45) is 5.84 Å². The molecule has 0 fully saturated rings. The fraction of sp³-hybridized carbons (Fsp3) is 0.250. The number of anilines is 1. The minimum atomic E-state index is -0.215. The summed E-state index contributed by atoms with van der Waals surface area (Å²) in [6.07, 6.45) is 1.51. The van der Waals surface area contributed by atoms with Gasteiger partial charge in [-0.25, -0.2) is 4.98 Å². The Morgan fingerprint density at radius 2 is 2.21 bits per heavy atom. The maximum atomic E-state index is 12.1. The molecule has 0 aliphatic heterocycles. The summed E-state index contributed by atoms with van der Waals surface area (Å²) < 4.78 is 0. The molecule has 0 saturated heterocycles. The lowest BCUT2D eigenvalue weighted by molar-refractivity contribution is 0.0951. The fourth-order valence-electron chi connectivity index (χ4n) is 1.61. The normalized spacial score (nSPS) is 10.3. The van der Waals surface area contributed by atoms with Gasteiger partial charge in [0.15, 0.2) is 0 Å². The summed E-state index contributed by atoms with van der Waals surface area (Å²) in [6.45, 7) is 4.20. The smallest absolute Gasteiger partial charge is 0.255 e. The first-order valence-corrected chi connectivity index (χ1v) is 6.60. The zero-order chi connectivity index (χ0) is 13.8. The van der Waals surface area contributed by atoms with Crippen molar-refractivity contribution in [2.75, 3.05) is 5.43 Å². The molecular formula is C12H15N5OS. The van der Waals surface area contributed by atoms with Gasteiger partial charge in [-0.05, 0) is 19.9 Å². The Hall–Kier alpha value is -1.99. The molecule has 0 aliphatic rings. The maximum Gasteiger partial charge on any atom is 0.255 e. The first-order valence-electron chi connectivity index (χ1n) is 5.72. The third-order valence-corrected chi connectivity index (χ3v) is 3.63. The molecule has 2 aromatic rings. The molecule has 1 amide bonds. The summed E-state index contributed by atoms with van der Waals surface area (Å²) in [6, 6.07) is 1.73. The highest BCUT2D eigenvalue weighted by Crippen LogP contribution is 2.15. The molecule has 0 saturated carbocycles. The number of nitrogens with two attached hydrogens (primary N) is 1. The summed E-state index contributed by atoms with van der Waals surface area (Å²) in [5, 5.41) is 2.83. The van der Waals surface area contributed by atoms with Crippen LogP contribution in [0.5, 0.6) is 0 Å². The van der Waals surface area contributed by atoms with Crippen molar-refractivity contribution in [3.63, 3.8) is 0 Å². The molecule has 0 aromatic carbocycles. The van der Waals surface area contributed by atoms with Gasteiger partial charge in [-0.1, -0.05) is 0 Å². The average Bonchev–Trinajstić information content (AvgIpc) is 2.81. The molecule has 0 radical (unpaired) electrons. The van der Waals surface area contributed by atoms with Gasteiger partial charge in [-0.3, -0.25) is 15.6 Å². The summed E-state index contributed by atoms with van der Waals surface area (Å²) in [5.74, 6) is 5.19. The highest BCUT2D eigenvalue weighted by molar-refractivity contribution is 7.09. The largest absolute Gasteiger partial charge is 0.347 e. The monoisotopic (exact) mass is 277 g/mol. The Labute approximate surface area is 115 Å². The van der Waals surface area contributed by atoms with Crippen LogP contribution in [0, 0.1) is 13.8 Å². The standard InChI is InChI=1S/C12H15N5OS/c1-7-3-10(17-13)9(4-14-7)12(18)15-5-11-8(2)16-6-19-11/h3-4,6H,5,13H2,1-2H3,(H,14,17)(H,15,18). The van der Waals surface area contributed by atoms with E-state index in [1.54, 1.807) is 11.6 Å². The van der Waals surface area contributed by atoms with Crippen LogP contribution in [0.25, 0.3) is 0 Å². The van der Waals surface area contributed by atoms with Gasteiger partial charge in [0, 0.05) is 16.8 Å². The molecule has 2 heterocycles. The number of aromatic nitrogens is 2. The number of carbonyl (C=O) groups excluding carboxylic acids is 1. The van der Waals surface area contributed by atoms with Gasteiger partial charge in [0.05, 0.1) is 29.0 Å². The number of aryl methyl sites for hydroxylation is 2. The van der Waals surface area contributed by atoms with Gasteiger partial charge < -0.3 is 10.7 Å². The summed E-state index contributed by atoms with van der Waals surface area (Å²) in [7, 11) is 0. The van der Waals surface area contributed by atoms with Gasteiger partial charge in [0.2, 0.25) is 0 Å². The zero-order valence-corrected chi connectivity index (χ0v) is 11.5. The van der Waals surface area contributed by atoms with Crippen LogP contribution in [0.3, 0.4) is 0 Å². The molecule has 0 aliphatic carbocycles. The predicted molar refractivity (Wildman–Crippen MR) is 74.8 cm³/mol. The number of amides is 1. The average molecular weight is 277 g/mol. The summed E-state index contributed by atoms with van der Waals surface area (Å²) >= 11 is 1.52. The third-order valence-electron chi connectivity index (χ3n) is 2.70. The molecule has 7 heteroatoms. The number of hydrogen-bond donors (Lipinski definition) is 3. The van der Waals surface area contributed by atoms with E-state index in [0.29, 0.717) is 17.8 Å².